The quantitative estimate of drug-likeness (QED) is 0.323. The van der Waals surface area contributed by atoms with Crippen molar-refractivity contribution in [3.63, 3.8) is 0 Å². The Labute approximate surface area is 199 Å². The minimum Gasteiger partial charge on any atom is -0.496 e. The molecule has 7 nitrogen and oxygen atoms in total. The van der Waals surface area contributed by atoms with Gasteiger partial charge in [-0.15, -0.1) is 0 Å². The minimum atomic E-state index is -0.174. The molecule has 4 rings (SSSR count). The standard InChI is InChI=1S/C27H29N3O4/c1-19(2)29(3)27-23(25(28-34-27)20-11-6-5-7-12-20)18-30(17-21-13-10-16-33-21)26(31)22-14-8-9-15-24(22)32-4/h5-16,19H,17-18H2,1-4H3. The van der Waals surface area contributed by atoms with Crippen molar-refractivity contribution in [2.45, 2.75) is 33.0 Å². The Balaban J connectivity index is 1.79. The number of methoxy groups -OCH3 is 1. The molecule has 4 aromatic rings. The highest BCUT2D eigenvalue weighted by atomic mass is 16.5. The van der Waals surface area contributed by atoms with Gasteiger partial charge < -0.3 is 23.5 Å². The lowest BCUT2D eigenvalue weighted by Gasteiger charge is -2.26. The molecule has 34 heavy (non-hydrogen) atoms. The van der Waals surface area contributed by atoms with Gasteiger partial charge >= 0.3 is 0 Å². The second-order valence-corrected chi connectivity index (χ2v) is 8.33. The predicted octanol–water partition coefficient (Wildman–Crippen LogP) is 5.63. The topological polar surface area (TPSA) is 72.0 Å². The predicted molar refractivity (Wildman–Crippen MR) is 131 cm³/mol. The van der Waals surface area contributed by atoms with Crippen LogP contribution in [0, 0.1) is 0 Å². The number of ether oxygens (including phenoxy) is 1. The summed E-state index contributed by atoms with van der Waals surface area (Å²) in [4.78, 5) is 17.5. The summed E-state index contributed by atoms with van der Waals surface area (Å²) in [6, 6.07) is 20.9. The van der Waals surface area contributed by atoms with Crippen LogP contribution in [-0.4, -0.2) is 36.2 Å². The number of anilines is 1. The Morgan fingerprint density at radius 2 is 1.74 bits per heavy atom. The number of amides is 1. The van der Waals surface area contributed by atoms with Crippen LogP contribution in [0.25, 0.3) is 11.3 Å². The van der Waals surface area contributed by atoms with Crippen LogP contribution in [0.5, 0.6) is 5.75 Å². The SMILES string of the molecule is COc1ccccc1C(=O)N(Cc1ccco1)Cc1c(-c2ccccc2)noc1N(C)C(C)C. The summed E-state index contributed by atoms with van der Waals surface area (Å²) in [5, 5.41) is 4.40. The first-order chi connectivity index (χ1) is 16.5. The minimum absolute atomic E-state index is 0.174. The summed E-state index contributed by atoms with van der Waals surface area (Å²) in [5.41, 5.74) is 2.94. The van der Waals surface area contributed by atoms with E-state index in [0.29, 0.717) is 28.7 Å². The average Bonchev–Trinajstić information content (AvgIpc) is 3.53. The first-order valence-electron chi connectivity index (χ1n) is 11.2. The van der Waals surface area contributed by atoms with Crippen LogP contribution < -0.4 is 9.64 Å². The number of carbonyl (C=O) groups excluding carboxylic acids is 1. The van der Waals surface area contributed by atoms with E-state index in [1.165, 1.54) is 0 Å². The van der Waals surface area contributed by atoms with Crippen LogP contribution in [0.3, 0.4) is 0 Å². The van der Waals surface area contributed by atoms with Crippen molar-refractivity contribution in [1.82, 2.24) is 10.1 Å². The number of nitrogens with zero attached hydrogens (tertiary/aromatic N) is 3. The number of para-hydroxylation sites is 1. The van der Waals surface area contributed by atoms with Gasteiger partial charge in [-0.2, -0.15) is 0 Å². The largest absolute Gasteiger partial charge is 0.496 e. The van der Waals surface area contributed by atoms with Crippen LogP contribution in [-0.2, 0) is 13.1 Å². The summed E-state index contributed by atoms with van der Waals surface area (Å²) in [7, 11) is 3.52. The summed E-state index contributed by atoms with van der Waals surface area (Å²) in [5.74, 6) is 1.66. The number of carbonyl (C=O) groups is 1. The molecule has 1 amide bonds. The fraction of sp³-hybridized carbons (Fsp3) is 0.259. The van der Waals surface area contributed by atoms with Crippen molar-refractivity contribution in [3.8, 4) is 17.0 Å². The number of hydrogen-bond acceptors (Lipinski definition) is 6. The van der Waals surface area contributed by atoms with Gasteiger partial charge in [-0.1, -0.05) is 47.6 Å². The Bertz CT molecular complexity index is 1220. The van der Waals surface area contributed by atoms with Crippen LogP contribution in [0.15, 0.2) is 81.9 Å². The maximum atomic E-state index is 13.8. The van der Waals surface area contributed by atoms with Crippen molar-refractivity contribution in [3.05, 3.63) is 89.9 Å². The molecule has 2 aromatic carbocycles. The van der Waals surface area contributed by atoms with Crippen LogP contribution >= 0.6 is 0 Å². The van der Waals surface area contributed by atoms with E-state index in [1.54, 1.807) is 30.4 Å². The zero-order valence-electron chi connectivity index (χ0n) is 19.9. The molecule has 0 saturated heterocycles. The van der Waals surface area contributed by atoms with Gasteiger partial charge in [-0.25, -0.2) is 0 Å². The third kappa shape index (κ3) is 4.83. The molecular weight excluding hydrogens is 430 g/mol. The zero-order valence-corrected chi connectivity index (χ0v) is 19.9. The molecule has 0 aliphatic rings. The van der Waals surface area contributed by atoms with E-state index in [2.05, 4.69) is 19.0 Å². The molecule has 2 aromatic heterocycles. The highest BCUT2D eigenvalue weighted by Gasteiger charge is 2.28. The first kappa shape index (κ1) is 23.2. The first-order valence-corrected chi connectivity index (χ1v) is 11.2. The van der Waals surface area contributed by atoms with E-state index < -0.39 is 0 Å². The van der Waals surface area contributed by atoms with Crippen molar-refractivity contribution in [1.29, 1.82) is 0 Å². The zero-order chi connectivity index (χ0) is 24.1. The van der Waals surface area contributed by atoms with Crippen LogP contribution in [0.4, 0.5) is 5.88 Å². The molecule has 0 unspecified atom stereocenters. The second kappa shape index (κ2) is 10.3. The molecule has 0 spiro atoms. The van der Waals surface area contributed by atoms with Gasteiger partial charge in [0.25, 0.3) is 5.91 Å². The van der Waals surface area contributed by atoms with Gasteiger partial charge in [0, 0.05) is 18.7 Å². The number of rotatable bonds is 9. The van der Waals surface area contributed by atoms with Crippen molar-refractivity contribution in [2.75, 3.05) is 19.1 Å². The lowest BCUT2D eigenvalue weighted by molar-refractivity contribution is 0.0714. The number of hydrogen-bond donors (Lipinski definition) is 0. The van der Waals surface area contributed by atoms with Crippen molar-refractivity contribution in [2.24, 2.45) is 0 Å². The smallest absolute Gasteiger partial charge is 0.258 e. The van der Waals surface area contributed by atoms with E-state index in [-0.39, 0.29) is 25.0 Å². The highest BCUT2D eigenvalue weighted by molar-refractivity contribution is 5.97. The summed E-state index contributed by atoms with van der Waals surface area (Å²) >= 11 is 0. The number of aromatic nitrogens is 1. The molecule has 0 bridgehead atoms. The van der Waals surface area contributed by atoms with E-state index in [1.807, 2.05) is 66.5 Å². The van der Waals surface area contributed by atoms with Crippen LogP contribution in [0.2, 0.25) is 0 Å². The maximum absolute atomic E-state index is 13.8. The van der Waals surface area contributed by atoms with Gasteiger partial charge in [0.05, 0.1) is 37.6 Å². The van der Waals surface area contributed by atoms with Gasteiger partial charge in [-0.05, 0) is 38.1 Å². The van der Waals surface area contributed by atoms with Crippen molar-refractivity contribution < 1.29 is 18.5 Å². The lowest BCUT2D eigenvalue weighted by Crippen LogP contribution is -2.32. The summed E-state index contributed by atoms with van der Waals surface area (Å²) in [6.07, 6.45) is 1.61. The Morgan fingerprint density at radius 3 is 2.41 bits per heavy atom. The normalized spacial score (nSPS) is 11.0. The Morgan fingerprint density at radius 1 is 1.00 bits per heavy atom. The molecule has 0 aliphatic heterocycles. The van der Waals surface area contributed by atoms with Crippen LogP contribution in [0.1, 0.15) is 35.5 Å². The molecule has 2 heterocycles. The molecule has 0 saturated carbocycles. The Kier molecular flexibility index (Phi) is 7.01. The van der Waals surface area contributed by atoms with E-state index in [0.717, 1.165) is 11.1 Å². The Hall–Kier alpha value is -4.00. The fourth-order valence-electron chi connectivity index (χ4n) is 3.75. The summed E-state index contributed by atoms with van der Waals surface area (Å²) in [6.45, 7) is 4.72. The molecule has 7 heteroatoms. The van der Waals surface area contributed by atoms with E-state index >= 15 is 0 Å². The molecule has 0 atom stereocenters. The molecule has 0 N–H and O–H groups in total. The van der Waals surface area contributed by atoms with Gasteiger partial charge in [0.1, 0.15) is 17.2 Å². The lowest BCUT2D eigenvalue weighted by atomic mass is 10.1. The average molecular weight is 460 g/mol. The fourth-order valence-corrected chi connectivity index (χ4v) is 3.75. The van der Waals surface area contributed by atoms with Gasteiger partial charge in [0.2, 0.25) is 5.88 Å². The maximum Gasteiger partial charge on any atom is 0.258 e. The van der Waals surface area contributed by atoms with Gasteiger partial charge in [-0.3, -0.25) is 4.79 Å². The van der Waals surface area contributed by atoms with Crippen molar-refractivity contribution >= 4 is 11.8 Å². The molecule has 0 radical (unpaired) electrons. The second-order valence-electron chi connectivity index (χ2n) is 8.33. The molecule has 176 valence electrons. The van der Waals surface area contributed by atoms with E-state index in [4.69, 9.17) is 13.7 Å². The van der Waals surface area contributed by atoms with Gasteiger partial charge in [0.15, 0.2) is 0 Å². The number of benzene rings is 2. The molecule has 0 aliphatic carbocycles. The third-order valence-corrected chi connectivity index (χ3v) is 5.81. The molecule has 0 fully saturated rings. The third-order valence-electron chi connectivity index (χ3n) is 5.81. The highest BCUT2D eigenvalue weighted by Crippen LogP contribution is 2.34. The van der Waals surface area contributed by atoms with E-state index in [9.17, 15) is 4.79 Å². The summed E-state index contributed by atoms with van der Waals surface area (Å²) < 4.78 is 16.9. The molecular formula is C27H29N3O4. The monoisotopic (exact) mass is 459 g/mol. The number of furan rings is 1.